The van der Waals surface area contributed by atoms with E-state index in [-0.39, 0.29) is 26.2 Å². The van der Waals surface area contributed by atoms with Crippen molar-refractivity contribution in [2.75, 3.05) is 32.7 Å². The molecule has 0 aromatic heterocycles. The molecule has 1 atom stereocenters. The lowest BCUT2D eigenvalue weighted by Gasteiger charge is -2.38. The highest BCUT2D eigenvalue weighted by molar-refractivity contribution is 7.89. The van der Waals surface area contributed by atoms with Gasteiger partial charge in [-0.25, -0.2) is 22.0 Å². The van der Waals surface area contributed by atoms with E-state index in [1.165, 1.54) is 0 Å². The molecule has 0 aliphatic carbocycles. The van der Waals surface area contributed by atoms with E-state index in [9.17, 15) is 26.8 Å². The Morgan fingerprint density at radius 1 is 1.03 bits per heavy atom. The predicted molar refractivity (Wildman–Crippen MR) is 113 cm³/mol. The lowest BCUT2D eigenvalue weighted by atomic mass is 10.0. The Morgan fingerprint density at radius 2 is 1.69 bits per heavy atom. The molecule has 3 amide bonds. The topological polar surface area (TPSA) is 98.8 Å². The van der Waals surface area contributed by atoms with Crippen LogP contribution in [0, 0.1) is 11.6 Å². The number of hydrogen-bond donors (Lipinski definition) is 2. The summed E-state index contributed by atoms with van der Waals surface area (Å²) in [6.07, 6.45) is 0. The molecule has 0 bridgehead atoms. The van der Waals surface area contributed by atoms with Gasteiger partial charge >= 0.3 is 6.03 Å². The maximum atomic E-state index is 14.1. The molecule has 0 spiro atoms. The molecular formula is C21H24F2N4O4S. The summed E-state index contributed by atoms with van der Waals surface area (Å²) >= 11 is 0. The van der Waals surface area contributed by atoms with Crippen LogP contribution in [0.15, 0.2) is 53.4 Å². The van der Waals surface area contributed by atoms with Crippen LogP contribution in [-0.2, 0) is 14.8 Å². The second-order valence-electron chi connectivity index (χ2n) is 7.18. The summed E-state index contributed by atoms with van der Waals surface area (Å²) in [7, 11) is -4.25. The molecule has 2 aromatic carbocycles. The zero-order valence-electron chi connectivity index (χ0n) is 17.4. The number of piperazine rings is 1. The Bertz CT molecular complexity index is 1070. The molecule has 1 unspecified atom stereocenters. The predicted octanol–water partition coefficient (Wildman–Crippen LogP) is 1.86. The average Bonchev–Trinajstić information content (AvgIpc) is 2.77. The van der Waals surface area contributed by atoms with Crippen LogP contribution in [0.5, 0.6) is 0 Å². The van der Waals surface area contributed by atoms with Crippen LogP contribution < -0.4 is 10.6 Å². The Morgan fingerprint density at radius 3 is 2.31 bits per heavy atom. The van der Waals surface area contributed by atoms with Crippen molar-refractivity contribution < 1.29 is 26.8 Å². The number of nitrogens with one attached hydrogen (secondary N) is 2. The first-order chi connectivity index (χ1) is 15.2. The fourth-order valence-electron chi connectivity index (χ4n) is 3.56. The van der Waals surface area contributed by atoms with Gasteiger partial charge in [0.2, 0.25) is 15.9 Å². The number of halogens is 2. The van der Waals surface area contributed by atoms with Crippen molar-refractivity contribution in [3.8, 4) is 0 Å². The van der Waals surface area contributed by atoms with Crippen LogP contribution in [0.4, 0.5) is 13.6 Å². The smallest absolute Gasteiger partial charge is 0.321 e. The summed E-state index contributed by atoms with van der Waals surface area (Å²) in [4.78, 5) is 25.8. The fourth-order valence-corrected chi connectivity index (χ4v) is 5.06. The van der Waals surface area contributed by atoms with Crippen LogP contribution in [0.2, 0.25) is 0 Å². The van der Waals surface area contributed by atoms with Gasteiger partial charge in [0.15, 0.2) is 0 Å². The second kappa shape index (κ2) is 10.2. The Balaban J connectivity index is 1.78. The van der Waals surface area contributed by atoms with Crippen LogP contribution in [0.25, 0.3) is 0 Å². The van der Waals surface area contributed by atoms with Crippen molar-refractivity contribution in [1.82, 2.24) is 19.8 Å². The molecule has 1 fully saturated rings. The first-order valence-corrected chi connectivity index (χ1v) is 11.5. The minimum absolute atomic E-state index is 0.0317. The van der Waals surface area contributed by atoms with Gasteiger partial charge in [0.05, 0.1) is 0 Å². The highest BCUT2D eigenvalue weighted by Gasteiger charge is 2.36. The number of rotatable bonds is 6. The van der Waals surface area contributed by atoms with E-state index in [1.807, 2.05) is 0 Å². The maximum absolute atomic E-state index is 14.1. The minimum Gasteiger partial charge on any atom is -0.338 e. The van der Waals surface area contributed by atoms with Crippen molar-refractivity contribution in [3.63, 3.8) is 0 Å². The number of imide groups is 1. The van der Waals surface area contributed by atoms with Crippen LogP contribution in [0.3, 0.4) is 0 Å². The highest BCUT2D eigenvalue weighted by atomic mass is 32.2. The number of hydrogen-bond acceptors (Lipinski definition) is 5. The van der Waals surface area contributed by atoms with Gasteiger partial charge in [-0.3, -0.25) is 15.0 Å². The van der Waals surface area contributed by atoms with E-state index in [4.69, 9.17) is 0 Å². The average molecular weight is 467 g/mol. The van der Waals surface area contributed by atoms with E-state index in [0.29, 0.717) is 18.2 Å². The van der Waals surface area contributed by atoms with Gasteiger partial charge in [0.1, 0.15) is 22.6 Å². The van der Waals surface area contributed by atoms with Gasteiger partial charge in [-0.15, -0.1) is 0 Å². The molecule has 2 N–H and O–H groups in total. The highest BCUT2D eigenvalue weighted by Crippen LogP contribution is 2.26. The van der Waals surface area contributed by atoms with Crippen molar-refractivity contribution >= 4 is 22.0 Å². The molecule has 2 aromatic rings. The van der Waals surface area contributed by atoms with Crippen LogP contribution in [0.1, 0.15) is 18.5 Å². The van der Waals surface area contributed by atoms with Crippen molar-refractivity contribution in [3.05, 3.63) is 65.7 Å². The Labute approximate surface area is 185 Å². The lowest BCUT2D eigenvalue weighted by molar-refractivity contribution is -0.126. The summed E-state index contributed by atoms with van der Waals surface area (Å²) < 4.78 is 54.3. The molecule has 172 valence electrons. The van der Waals surface area contributed by atoms with E-state index >= 15 is 0 Å². The second-order valence-corrected chi connectivity index (χ2v) is 9.08. The summed E-state index contributed by atoms with van der Waals surface area (Å²) in [5.41, 5.74) is 0.641. The van der Waals surface area contributed by atoms with Gasteiger partial charge in [0, 0.05) is 32.7 Å². The minimum atomic E-state index is -4.25. The molecule has 1 aliphatic rings. The largest absolute Gasteiger partial charge is 0.338 e. The van der Waals surface area contributed by atoms with Crippen molar-refractivity contribution in [2.24, 2.45) is 0 Å². The molecule has 1 heterocycles. The molecule has 0 radical (unpaired) electrons. The van der Waals surface area contributed by atoms with Crippen molar-refractivity contribution in [2.45, 2.75) is 17.9 Å². The Kier molecular flexibility index (Phi) is 7.54. The van der Waals surface area contributed by atoms with E-state index < -0.39 is 44.5 Å². The molecule has 32 heavy (non-hydrogen) atoms. The van der Waals surface area contributed by atoms with Crippen molar-refractivity contribution in [1.29, 1.82) is 0 Å². The van der Waals surface area contributed by atoms with E-state index in [2.05, 4.69) is 10.6 Å². The number of carbonyl (C=O) groups excluding carboxylic acids is 2. The normalized spacial score (nSPS) is 16.3. The zero-order valence-corrected chi connectivity index (χ0v) is 18.2. The monoisotopic (exact) mass is 466 g/mol. The third-order valence-corrected chi connectivity index (χ3v) is 7.00. The van der Waals surface area contributed by atoms with Gasteiger partial charge in [0.25, 0.3) is 0 Å². The number of amides is 3. The number of urea groups is 1. The fraction of sp³-hybridized carbons (Fsp3) is 0.333. The maximum Gasteiger partial charge on any atom is 0.321 e. The van der Waals surface area contributed by atoms with Gasteiger partial charge in [-0.2, -0.15) is 4.31 Å². The summed E-state index contributed by atoms with van der Waals surface area (Å²) in [5.74, 6) is -2.43. The standard InChI is InChI=1S/C21H24F2N4O4S/c1-2-24-21(29)25-20(28)19(15-6-4-3-5-7-15)26-10-12-27(13-11-26)32(30,31)18-14-16(22)8-9-17(18)23/h3-9,14,19H,2,10-13H2,1H3,(H2,24,25,28,29). The first kappa shape index (κ1) is 23.8. The number of nitrogens with zero attached hydrogens (tertiary/aromatic N) is 2. The lowest BCUT2D eigenvalue weighted by Crippen LogP contribution is -2.53. The molecule has 8 nitrogen and oxygen atoms in total. The van der Waals surface area contributed by atoms with Crippen LogP contribution in [-0.4, -0.2) is 62.3 Å². The molecule has 1 saturated heterocycles. The number of benzene rings is 2. The molecule has 0 saturated carbocycles. The third-order valence-electron chi connectivity index (χ3n) is 5.09. The molecule has 1 aliphatic heterocycles. The number of carbonyl (C=O) groups is 2. The van der Waals surface area contributed by atoms with Gasteiger partial charge in [-0.05, 0) is 30.7 Å². The zero-order chi connectivity index (χ0) is 23.3. The number of sulfonamides is 1. The first-order valence-electron chi connectivity index (χ1n) is 10.1. The molecule has 11 heteroatoms. The quantitative estimate of drug-likeness (QED) is 0.677. The summed E-state index contributed by atoms with van der Waals surface area (Å²) in [6, 6.07) is 9.63. The van der Waals surface area contributed by atoms with E-state index in [0.717, 1.165) is 16.4 Å². The van der Waals surface area contributed by atoms with Gasteiger partial charge < -0.3 is 5.32 Å². The van der Waals surface area contributed by atoms with Gasteiger partial charge in [-0.1, -0.05) is 30.3 Å². The molecular weight excluding hydrogens is 442 g/mol. The SMILES string of the molecule is CCNC(=O)NC(=O)C(c1ccccc1)N1CCN(S(=O)(=O)c2cc(F)ccc2F)CC1. The van der Waals surface area contributed by atoms with Crippen LogP contribution >= 0.6 is 0 Å². The summed E-state index contributed by atoms with van der Waals surface area (Å²) in [5, 5.41) is 4.80. The summed E-state index contributed by atoms with van der Waals surface area (Å²) in [6.45, 7) is 2.31. The van der Waals surface area contributed by atoms with E-state index in [1.54, 1.807) is 42.2 Å². The Hall–Kier alpha value is -2.89. The third kappa shape index (κ3) is 5.29. The molecule has 3 rings (SSSR count).